The second-order valence-electron chi connectivity index (χ2n) is 16.2. The molecule has 2 rings (SSSR count). The van der Waals surface area contributed by atoms with Gasteiger partial charge in [0.25, 0.3) is 0 Å². The predicted molar refractivity (Wildman–Crippen MR) is 251 cm³/mol. The van der Waals surface area contributed by atoms with E-state index in [0.29, 0.717) is 5.56 Å². The number of guanidine groups is 2. The Morgan fingerprint density at radius 3 is 1.93 bits per heavy atom. The highest BCUT2D eigenvalue weighted by atomic mass is 16.4. The van der Waals surface area contributed by atoms with Crippen LogP contribution in [0.4, 0.5) is 4.79 Å². The lowest BCUT2D eigenvalue weighted by atomic mass is 10.0. The molecule has 1 heterocycles. The first-order valence-electron chi connectivity index (χ1n) is 22.4. The third kappa shape index (κ3) is 23.5. The lowest BCUT2D eigenvalue weighted by molar-refractivity contribution is -0.142. The van der Waals surface area contributed by atoms with E-state index in [1.54, 1.807) is 30.3 Å². The molecule has 0 spiro atoms. The van der Waals surface area contributed by atoms with Crippen molar-refractivity contribution in [2.24, 2.45) is 38.7 Å². The Labute approximate surface area is 398 Å². The number of aliphatic carboxylic acids is 1. The van der Waals surface area contributed by atoms with Gasteiger partial charge in [-0.05, 0) is 70.3 Å². The largest absolute Gasteiger partial charge is 0.480 e. The molecule has 1 saturated heterocycles. The first kappa shape index (κ1) is 57.4. The molecule has 1 aromatic rings. The molecule has 10 amide bonds. The van der Waals surface area contributed by atoms with Crippen LogP contribution in [0.2, 0.25) is 0 Å². The molecular formula is C42H68N16O11. The molecular weight excluding hydrogens is 905 g/mol. The summed E-state index contributed by atoms with van der Waals surface area (Å²) in [5.41, 5.74) is 27.6. The van der Waals surface area contributed by atoms with Crippen molar-refractivity contribution >= 4 is 71.2 Å². The molecule has 1 fully saturated rings. The lowest BCUT2D eigenvalue weighted by Crippen LogP contribution is -2.60. The molecule has 1 aliphatic rings. The summed E-state index contributed by atoms with van der Waals surface area (Å²) in [6, 6.07) is -2.09. The van der Waals surface area contributed by atoms with Gasteiger partial charge in [0.1, 0.15) is 42.3 Å². The predicted octanol–water partition coefficient (Wildman–Crippen LogP) is -5.01. The number of benzene rings is 1. The Hall–Kier alpha value is -7.74. The molecule has 69 heavy (non-hydrogen) atoms. The van der Waals surface area contributed by atoms with Crippen molar-refractivity contribution in [3.8, 4) is 0 Å². The minimum absolute atomic E-state index is 0.0231. The summed E-state index contributed by atoms with van der Waals surface area (Å²) < 4.78 is 0. The molecule has 0 radical (unpaired) electrons. The zero-order chi connectivity index (χ0) is 51.5. The maximum Gasteiger partial charge on any atom is 0.326 e. The summed E-state index contributed by atoms with van der Waals surface area (Å²) in [5, 5.41) is 32.7. The van der Waals surface area contributed by atoms with Crippen molar-refractivity contribution < 1.29 is 53.1 Å². The van der Waals surface area contributed by atoms with E-state index in [4.69, 9.17) is 28.7 Å². The molecule has 0 aromatic heterocycles. The van der Waals surface area contributed by atoms with Gasteiger partial charge in [-0.15, -0.1) is 0 Å². The molecule has 3 unspecified atom stereocenters. The molecule has 7 atom stereocenters. The Morgan fingerprint density at radius 2 is 1.32 bits per heavy atom. The van der Waals surface area contributed by atoms with Gasteiger partial charge in [-0.2, -0.15) is 0 Å². The maximum atomic E-state index is 14.3. The van der Waals surface area contributed by atoms with Crippen LogP contribution in [0.5, 0.6) is 0 Å². The molecule has 0 saturated carbocycles. The highest BCUT2D eigenvalue weighted by Crippen LogP contribution is 2.10. The number of amides is 10. The van der Waals surface area contributed by atoms with Gasteiger partial charge in [0, 0.05) is 45.9 Å². The van der Waals surface area contributed by atoms with E-state index in [2.05, 4.69) is 57.8 Å². The van der Waals surface area contributed by atoms with Crippen LogP contribution in [-0.4, -0.2) is 145 Å². The van der Waals surface area contributed by atoms with E-state index in [1.165, 1.54) is 13.8 Å². The third-order valence-corrected chi connectivity index (χ3v) is 10.4. The van der Waals surface area contributed by atoms with Gasteiger partial charge in [-0.3, -0.25) is 48.3 Å². The maximum absolute atomic E-state index is 14.3. The van der Waals surface area contributed by atoms with E-state index in [0.717, 1.165) is 0 Å². The highest BCUT2D eigenvalue weighted by molar-refractivity contribution is 5.97. The number of urea groups is 1. The van der Waals surface area contributed by atoms with Crippen molar-refractivity contribution in [1.29, 1.82) is 0 Å². The number of carbonyl (C=O) groups excluding carboxylic acids is 9. The number of primary amides is 1. The number of hydrogen-bond donors (Lipinski definition) is 15. The number of rotatable bonds is 18. The number of carboxylic acids is 1. The van der Waals surface area contributed by atoms with E-state index in [-0.39, 0.29) is 109 Å². The molecule has 382 valence electrons. The number of nitrogens with one attached hydrogen (secondary N) is 9. The fourth-order valence-electron chi connectivity index (χ4n) is 6.83. The molecule has 1 aliphatic heterocycles. The van der Waals surface area contributed by atoms with Crippen molar-refractivity contribution in [2.75, 3.05) is 26.2 Å². The van der Waals surface area contributed by atoms with E-state index >= 15 is 0 Å². The summed E-state index contributed by atoms with van der Waals surface area (Å²) in [7, 11) is 0. The molecule has 27 nitrogen and oxygen atoms in total. The number of carboxylic acid groups (broad SMARTS) is 1. The van der Waals surface area contributed by atoms with Gasteiger partial charge >= 0.3 is 12.0 Å². The summed E-state index contributed by atoms with van der Waals surface area (Å²) in [6.07, 6.45) is -0.740. The van der Waals surface area contributed by atoms with Gasteiger partial charge in [0.15, 0.2) is 11.9 Å². The molecule has 27 heteroatoms. The van der Waals surface area contributed by atoms with Gasteiger partial charge in [0.05, 0.1) is 0 Å². The summed E-state index contributed by atoms with van der Waals surface area (Å²) in [6.45, 7) is 2.53. The standard InChI is InChI=1S/C42H68N16O11/c1-23-33(61)57-30(39(67)68)15-9-18-48-32(60)17-16-29(56-35(63)26(53-24(2)59)12-6-19-49-40(43)44)37(65)54-28(14-8-21-51-42(47)69)36(64)58-31(22-25-10-4-3-5-11-25)38(66)55-27(34(62)52-23)13-7-20-50-41(45)46/h3-5,10-11,23,26-31H,6-9,12-22H2,1-2H3,(H,48,60)(H,52,62)(H,53,59)(H,54,65)(H,55,66)(H,56,63)(H,57,61)(H,58,64)(H,67,68)(H4,43,44,49)(H4,45,46,50)(H3,47,51,69)/t23-,26-,27-,28-,29?,30?,31?/m0/s1. The average Bonchev–Trinajstić information content (AvgIpc) is 3.27. The van der Waals surface area contributed by atoms with Crippen LogP contribution in [0.25, 0.3) is 0 Å². The van der Waals surface area contributed by atoms with Crippen LogP contribution >= 0.6 is 0 Å². The minimum Gasteiger partial charge on any atom is -0.480 e. The van der Waals surface area contributed by atoms with Gasteiger partial charge in [0.2, 0.25) is 47.3 Å². The summed E-state index contributed by atoms with van der Waals surface area (Å²) >= 11 is 0. The summed E-state index contributed by atoms with van der Waals surface area (Å²) in [5.74, 6) is -8.25. The van der Waals surface area contributed by atoms with Crippen molar-refractivity contribution in [3.05, 3.63) is 35.9 Å². The second-order valence-corrected chi connectivity index (χ2v) is 16.2. The van der Waals surface area contributed by atoms with Crippen LogP contribution < -0.4 is 76.5 Å². The highest BCUT2D eigenvalue weighted by Gasteiger charge is 2.34. The van der Waals surface area contributed by atoms with Crippen LogP contribution in [0.3, 0.4) is 0 Å². The average molecular weight is 973 g/mol. The molecule has 0 bridgehead atoms. The van der Waals surface area contributed by atoms with E-state index in [1.807, 2.05) is 0 Å². The number of aliphatic imine (C=N–C) groups is 2. The normalized spacial score (nSPS) is 21.7. The van der Waals surface area contributed by atoms with Gasteiger partial charge in [-0.1, -0.05) is 30.3 Å². The van der Waals surface area contributed by atoms with Crippen molar-refractivity contribution in [2.45, 2.75) is 127 Å². The Balaban J connectivity index is 2.68. The molecule has 1 aromatic carbocycles. The number of hydrogen-bond acceptors (Lipinski definition) is 12. The molecule has 0 aliphatic carbocycles. The fraction of sp³-hybridized carbons (Fsp3) is 0.571. The first-order valence-corrected chi connectivity index (χ1v) is 22.4. The number of carbonyl (C=O) groups is 10. The van der Waals surface area contributed by atoms with Crippen LogP contribution in [0, 0.1) is 0 Å². The molecule has 20 N–H and O–H groups in total. The fourth-order valence-corrected chi connectivity index (χ4v) is 6.83. The zero-order valence-electron chi connectivity index (χ0n) is 38.8. The van der Waals surface area contributed by atoms with Crippen LogP contribution in [0.15, 0.2) is 40.3 Å². The number of nitrogens with zero attached hydrogens (tertiary/aromatic N) is 2. The lowest BCUT2D eigenvalue weighted by Gasteiger charge is -2.27. The van der Waals surface area contributed by atoms with E-state index in [9.17, 15) is 53.1 Å². The second kappa shape index (κ2) is 30.5. The monoisotopic (exact) mass is 973 g/mol. The topological polar surface area (TPSA) is 454 Å². The Bertz CT molecular complexity index is 2000. The van der Waals surface area contributed by atoms with Crippen LogP contribution in [-0.2, 0) is 49.6 Å². The number of nitrogens with two attached hydrogens (primary N) is 5. The first-order chi connectivity index (χ1) is 32.7. The summed E-state index contributed by atoms with van der Waals surface area (Å²) in [4.78, 5) is 140. The van der Waals surface area contributed by atoms with Crippen molar-refractivity contribution in [1.82, 2.24) is 47.9 Å². The van der Waals surface area contributed by atoms with E-state index < -0.39 is 102 Å². The Kier molecular flexibility index (Phi) is 25.4. The van der Waals surface area contributed by atoms with Gasteiger partial charge < -0.3 is 81.6 Å². The third-order valence-electron chi connectivity index (χ3n) is 10.4. The Morgan fingerprint density at radius 1 is 0.739 bits per heavy atom. The van der Waals surface area contributed by atoms with Crippen molar-refractivity contribution in [3.63, 3.8) is 0 Å². The van der Waals surface area contributed by atoms with Gasteiger partial charge in [-0.25, -0.2) is 9.59 Å². The smallest absolute Gasteiger partial charge is 0.326 e. The zero-order valence-corrected chi connectivity index (χ0v) is 38.8. The SMILES string of the molecule is CC(=O)N[C@@H](CCCN=C(N)N)C(=O)NC1CCC(=O)NCCCC(C(=O)O)NC(=O)[C@H](C)NC(=O)[C@H](CCCN=C(N)N)NC(=O)C(Cc2ccccc2)NC(=O)[C@H](CCCNC(N)=O)NC1=O. The van der Waals surface area contributed by atoms with Crippen LogP contribution in [0.1, 0.15) is 83.6 Å². The quantitative estimate of drug-likeness (QED) is 0.0372. The minimum atomic E-state index is -1.52.